The molecule has 0 aliphatic rings. The molecule has 0 unspecified atom stereocenters. The molecule has 0 aromatic heterocycles. The largest absolute Gasteiger partial charge is 0.508 e. The third-order valence-electron chi connectivity index (χ3n) is 8.58. The molecule has 0 aliphatic heterocycles. The van der Waals surface area contributed by atoms with Crippen LogP contribution in [-0.2, 0) is 33.5 Å². The van der Waals surface area contributed by atoms with E-state index in [4.69, 9.17) is 0 Å². The molecule has 0 saturated heterocycles. The van der Waals surface area contributed by atoms with Gasteiger partial charge in [0.25, 0.3) is 0 Å². The second-order valence-electron chi connectivity index (χ2n) is 16.3. The van der Waals surface area contributed by atoms with Crippen LogP contribution in [0.2, 0.25) is 0 Å². The van der Waals surface area contributed by atoms with Crippen LogP contribution in [0.1, 0.15) is 135 Å². The maximum atomic E-state index is 11.3. The Kier molecular flexibility index (Phi) is 8.51. The molecule has 3 aromatic rings. The van der Waals surface area contributed by atoms with Gasteiger partial charge in [0.2, 0.25) is 0 Å². The van der Waals surface area contributed by atoms with Gasteiger partial charge >= 0.3 is 0 Å². The van der Waals surface area contributed by atoms with Gasteiger partial charge in [-0.2, -0.15) is 0 Å². The van der Waals surface area contributed by atoms with Gasteiger partial charge in [0.15, 0.2) is 0 Å². The lowest BCUT2D eigenvalue weighted by atomic mass is 9.69. The van der Waals surface area contributed by atoms with Crippen LogP contribution in [0.5, 0.6) is 17.2 Å². The fraction of sp³-hybridized carbons (Fsp3) is 0.526. The standard InChI is InChI=1S/C38H54O3/c1-34(2,3)27-22-25(14-16-31(27)39)38(13,26-15-17-32(40)28(23-26)35(4,5)6)19-18-24-20-29(36(7,8)9)33(41)30(21-24)37(10,11)12/h14-17,20-23,39-41H,18-19H2,1-13H3. The van der Waals surface area contributed by atoms with E-state index in [1.54, 1.807) is 0 Å². The Balaban J connectivity index is 2.25. The van der Waals surface area contributed by atoms with Crippen LogP contribution in [0.3, 0.4) is 0 Å². The van der Waals surface area contributed by atoms with Crippen molar-refractivity contribution >= 4 is 0 Å². The van der Waals surface area contributed by atoms with Gasteiger partial charge in [0, 0.05) is 5.41 Å². The Morgan fingerprint density at radius 3 is 1.12 bits per heavy atom. The maximum Gasteiger partial charge on any atom is 0.123 e. The number of aryl methyl sites for hydroxylation is 1. The van der Waals surface area contributed by atoms with E-state index in [-0.39, 0.29) is 21.7 Å². The van der Waals surface area contributed by atoms with E-state index in [9.17, 15) is 15.3 Å². The minimum Gasteiger partial charge on any atom is -0.508 e. The van der Waals surface area contributed by atoms with Crippen LogP contribution < -0.4 is 0 Å². The van der Waals surface area contributed by atoms with E-state index < -0.39 is 5.41 Å². The first-order chi connectivity index (χ1) is 18.5. The van der Waals surface area contributed by atoms with Crippen molar-refractivity contribution in [1.82, 2.24) is 0 Å². The summed E-state index contributed by atoms with van der Waals surface area (Å²) in [5, 5.41) is 32.9. The summed E-state index contributed by atoms with van der Waals surface area (Å²) in [6.45, 7) is 27.9. The predicted molar refractivity (Wildman–Crippen MR) is 174 cm³/mol. The normalized spacial score (nSPS) is 13.5. The van der Waals surface area contributed by atoms with Crippen LogP contribution in [-0.4, -0.2) is 15.3 Å². The highest BCUT2D eigenvalue weighted by Gasteiger charge is 2.34. The average Bonchev–Trinajstić information content (AvgIpc) is 2.80. The Morgan fingerprint density at radius 1 is 0.463 bits per heavy atom. The lowest BCUT2D eigenvalue weighted by Gasteiger charge is -2.35. The third-order valence-corrected chi connectivity index (χ3v) is 8.58. The molecule has 0 spiro atoms. The molecule has 0 aliphatic carbocycles. The van der Waals surface area contributed by atoms with Gasteiger partial charge in [0.1, 0.15) is 17.2 Å². The van der Waals surface area contributed by atoms with Crippen LogP contribution >= 0.6 is 0 Å². The molecule has 3 nitrogen and oxygen atoms in total. The van der Waals surface area contributed by atoms with Crippen molar-refractivity contribution in [3.8, 4) is 17.2 Å². The summed E-state index contributed by atoms with van der Waals surface area (Å²) in [5.74, 6) is 1.03. The zero-order valence-electron chi connectivity index (χ0n) is 27.9. The molecule has 3 aromatic carbocycles. The number of hydrogen-bond acceptors (Lipinski definition) is 3. The maximum absolute atomic E-state index is 11.3. The summed E-state index contributed by atoms with van der Waals surface area (Å²) in [7, 11) is 0. The number of phenols is 3. The fourth-order valence-corrected chi connectivity index (χ4v) is 5.79. The van der Waals surface area contributed by atoms with E-state index in [0.717, 1.165) is 46.2 Å². The van der Waals surface area contributed by atoms with Gasteiger partial charge in [-0.3, -0.25) is 0 Å². The molecule has 0 bridgehead atoms. The molecule has 0 heterocycles. The molecule has 0 atom stereocenters. The minimum absolute atomic E-state index is 0.194. The summed E-state index contributed by atoms with van der Waals surface area (Å²) in [6, 6.07) is 16.4. The van der Waals surface area contributed by atoms with Gasteiger partial charge in [0.05, 0.1) is 0 Å². The average molecular weight is 559 g/mol. The van der Waals surface area contributed by atoms with Crippen LogP contribution in [0.15, 0.2) is 48.5 Å². The Labute approximate surface area is 249 Å². The number of hydrogen-bond donors (Lipinski definition) is 3. The number of benzene rings is 3. The van der Waals surface area contributed by atoms with Gasteiger partial charge in [-0.1, -0.05) is 126 Å². The van der Waals surface area contributed by atoms with Gasteiger partial charge in [-0.25, -0.2) is 0 Å². The Bertz CT molecular complexity index is 1300. The van der Waals surface area contributed by atoms with Crippen molar-refractivity contribution in [2.75, 3.05) is 0 Å². The minimum atomic E-state index is -0.400. The molecule has 3 rings (SSSR count). The summed E-state index contributed by atoms with van der Waals surface area (Å²) >= 11 is 0. The third kappa shape index (κ3) is 6.93. The van der Waals surface area contributed by atoms with Gasteiger partial charge in [-0.05, 0) is 85.6 Å². The zero-order chi connectivity index (χ0) is 31.3. The second kappa shape index (κ2) is 10.7. The summed E-state index contributed by atoms with van der Waals surface area (Å²) in [6.07, 6.45) is 1.62. The monoisotopic (exact) mass is 558 g/mol. The summed E-state index contributed by atoms with van der Waals surface area (Å²) in [4.78, 5) is 0. The molecular weight excluding hydrogens is 504 g/mol. The van der Waals surface area contributed by atoms with Crippen molar-refractivity contribution < 1.29 is 15.3 Å². The number of phenolic OH excluding ortho intramolecular Hbond substituents is 3. The Hall–Kier alpha value is -2.94. The molecule has 3 N–H and O–H groups in total. The second-order valence-corrected chi connectivity index (χ2v) is 16.3. The van der Waals surface area contributed by atoms with Gasteiger partial charge in [-0.15, -0.1) is 0 Å². The molecule has 0 saturated carbocycles. The molecular formula is C38H54O3. The fourth-order valence-electron chi connectivity index (χ4n) is 5.79. The van der Waals surface area contributed by atoms with Crippen LogP contribution in [0, 0.1) is 0 Å². The first-order valence-corrected chi connectivity index (χ1v) is 15.0. The topological polar surface area (TPSA) is 60.7 Å². The molecule has 3 heteroatoms. The number of rotatable bonds is 5. The van der Waals surface area contributed by atoms with Gasteiger partial charge < -0.3 is 15.3 Å². The van der Waals surface area contributed by atoms with E-state index in [0.29, 0.717) is 17.2 Å². The SMILES string of the molecule is CC(C)(C)c1cc(C(C)(CCc2cc(C(C)(C)C)c(O)c(C(C)(C)C)c2)c2ccc(O)c(C(C)(C)C)c2)ccc1O. The quantitative estimate of drug-likeness (QED) is 0.292. The molecule has 0 fully saturated rings. The highest BCUT2D eigenvalue weighted by atomic mass is 16.3. The van der Waals surface area contributed by atoms with E-state index in [1.807, 2.05) is 24.3 Å². The first-order valence-electron chi connectivity index (χ1n) is 15.0. The van der Waals surface area contributed by atoms with E-state index in [1.165, 1.54) is 5.56 Å². The molecule has 0 radical (unpaired) electrons. The predicted octanol–water partition coefficient (Wildman–Crippen LogP) is 9.93. The highest BCUT2D eigenvalue weighted by molar-refractivity contribution is 5.52. The molecule has 224 valence electrons. The van der Waals surface area contributed by atoms with Crippen molar-refractivity contribution in [2.24, 2.45) is 0 Å². The lowest BCUT2D eigenvalue weighted by molar-refractivity contribution is 0.422. The van der Waals surface area contributed by atoms with Crippen molar-refractivity contribution in [2.45, 2.75) is 130 Å². The van der Waals surface area contributed by atoms with Crippen LogP contribution in [0.4, 0.5) is 0 Å². The van der Waals surface area contributed by atoms with Crippen molar-refractivity contribution in [1.29, 1.82) is 0 Å². The molecule has 41 heavy (non-hydrogen) atoms. The van der Waals surface area contributed by atoms with E-state index in [2.05, 4.69) is 114 Å². The highest BCUT2D eigenvalue weighted by Crippen LogP contribution is 2.45. The van der Waals surface area contributed by atoms with Crippen molar-refractivity contribution in [3.05, 3.63) is 87.5 Å². The first kappa shape index (κ1) is 32.6. The van der Waals surface area contributed by atoms with E-state index >= 15 is 0 Å². The molecule has 0 amide bonds. The summed E-state index contributed by atoms with van der Waals surface area (Å²) in [5.41, 5.74) is 6.05. The van der Waals surface area contributed by atoms with Crippen LogP contribution in [0.25, 0.3) is 0 Å². The smallest absolute Gasteiger partial charge is 0.123 e. The van der Waals surface area contributed by atoms with Crippen molar-refractivity contribution in [3.63, 3.8) is 0 Å². The Morgan fingerprint density at radius 2 is 0.805 bits per heavy atom. The zero-order valence-corrected chi connectivity index (χ0v) is 27.9. The summed E-state index contributed by atoms with van der Waals surface area (Å²) < 4.78 is 0. The number of aromatic hydroxyl groups is 3. The lowest BCUT2D eigenvalue weighted by Crippen LogP contribution is -2.27.